The second-order valence-corrected chi connectivity index (χ2v) is 7.08. The highest BCUT2D eigenvalue weighted by Gasteiger charge is 2.32. The standard InChI is InChI=1S/C14H26N2O/c1-9(2)16-12(14(6,7)8)10(17)11(15-16)13(3,4)5/h9,17H,1-8H3. The third kappa shape index (κ3) is 2.64. The molecule has 3 nitrogen and oxygen atoms in total. The summed E-state index contributed by atoms with van der Waals surface area (Å²) >= 11 is 0. The van der Waals surface area contributed by atoms with Crippen LogP contribution in [0.15, 0.2) is 0 Å². The van der Waals surface area contributed by atoms with Crippen LogP contribution in [0, 0.1) is 0 Å². The SMILES string of the molecule is CC(C)n1nc(C(C)(C)C)c(O)c1C(C)(C)C. The number of hydrogen-bond acceptors (Lipinski definition) is 2. The van der Waals surface area contributed by atoms with Crippen LogP contribution in [0.25, 0.3) is 0 Å². The summed E-state index contributed by atoms with van der Waals surface area (Å²) in [7, 11) is 0. The molecule has 1 aromatic rings. The molecule has 17 heavy (non-hydrogen) atoms. The molecule has 0 aliphatic heterocycles. The molecule has 1 aromatic heterocycles. The summed E-state index contributed by atoms with van der Waals surface area (Å²) in [6.45, 7) is 16.7. The lowest BCUT2D eigenvalue weighted by Gasteiger charge is -2.22. The highest BCUT2D eigenvalue weighted by molar-refractivity contribution is 5.40. The van der Waals surface area contributed by atoms with E-state index in [2.05, 4.69) is 60.5 Å². The van der Waals surface area contributed by atoms with Crippen LogP contribution in [0.3, 0.4) is 0 Å². The Morgan fingerprint density at radius 1 is 1.00 bits per heavy atom. The number of nitrogens with zero attached hydrogens (tertiary/aromatic N) is 2. The van der Waals surface area contributed by atoms with Gasteiger partial charge >= 0.3 is 0 Å². The number of aromatic hydroxyl groups is 1. The summed E-state index contributed by atoms with van der Waals surface area (Å²) in [6.07, 6.45) is 0. The third-order valence-electron chi connectivity index (χ3n) is 2.80. The number of rotatable bonds is 1. The van der Waals surface area contributed by atoms with Crippen molar-refractivity contribution in [1.29, 1.82) is 0 Å². The van der Waals surface area contributed by atoms with Crippen LogP contribution in [0.4, 0.5) is 0 Å². The van der Waals surface area contributed by atoms with Crippen molar-refractivity contribution in [3.8, 4) is 5.75 Å². The maximum Gasteiger partial charge on any atom is 0.161 e. The van der Waals surface area contributed by atoms with E-state index in [9.17, 15) is 5.11 Å². The van der Waals surface area contributed by atoms with Crippen LogP contribution in [0.1, 0.15) is 72.8 Å². The zero-order chi connectivity index (χ0) is 13.6. The monoisotopic (exact) mass is 238 g/mol. The molecule has 1 N–H and O–H groups in total. The molecule has 0 bridgehead atoms. The predicted octanol–water partition coefficient (Wildman–Crippen LogP) is 3.76. The van der Waals surface area contributed by atoms with E-state index in [0.717, 1.165) is 11.4 Å². The van der Waals surface area contributed by atoms with Crippen LogP contribution in [0.2, 0.25) is 0 Å². The Morgan fingerprint density at radius 2 is 1.47 bits per heavy atom. The van der Waals surface area contributed by atoms with E-state index in [-0.39, 0.29) is 16.9 Å². The lowest BCUT2D eigenvalue weighted by molar-refractivity contribution is 0.406. The van der Waals surface area contributed by atoms with Gasteiger partial charge in [-0.05, 0) is 13.8 Å². The smallest absolute Gasteiger partial charge is 0.161 e. The molecule has 0 amide bonds. The minimum atomic E-state index is -0.135. The molecule has 1 rings (SSSR count). The maximum absolute atomic E-state index is 10.4. The van der Waals surface area contributed by atoms with E-state index in [4.69, 9.17) is 0 Å². The second kappa shape index (κ2) is 4.04. The van der Waals surface area contributed by atoms with Crippen LogP contribution in [0.5, 0.6) is 5.75 Å². The zero-order valence-corrected chi connectivity index (χ0v) is 12.4. The van der Waals surface area contributed by atoms with Crippen LogP contribution < -0.4 is 0 Å². The number of aromatic nitrogens is 2. The van der Waals surface area contributed by atoms with Crippen LogP contribution in [-0.2, 0) is 10.8 Å². The Kier molecular flexibility index (Phi) is 3.34. The molecule has 3 heteroatoms. The van der Waals surface area contributed by atoms with Gasteiger partial charge in [-0.2, -0.15) is 5.10 Å². The fraction of sp³-hybridized carbons (Fsp3) is 0.786. The van der Waals surface area contributed by atoms with E-state index < -0.39 is 0 Å². The Morgan fingerprint density at radius 3 is 1.71 bits per heavy atom. The van der Waals surface area contributed by atoms with E-state index in [0.29, 0.717) is 5.75 Å². The van der Waals surface area contributed by atoms with Gasteiger partial charge in [-0.1, -0.05) is 41.5 Å². The van der Waals surface area contributed by atoms with Gasteiger partial charge in [0.05, 0.1) is 5.69 Å². The summed E-state index contributed by atoms with van der Waals surface area (Å²) < 4.78 is 1.95. The van der Waals surface area contributed by atoms with Crippen molar-refractivity contribution in [2.24, 2.45) is 0 Å². The largest absolute Gasteiger partial charge is 0.504 e. The topological polar surface area (TPSA) is 38.0 Å². The molecule has 0 aliphatic rings. The molecule has 0 aliphatic carbocycles. The summed E-state index contributed by atoms with van der Waals surface area (Å²) in [5, 5.41) is 15.1. The normalized spacial score (nSPS) is 13.5. The molecule has 0 radical (unpaired) electrons. The average molecular weight is 238 g/mol. The molecule has 0 fully saturated rings. The average Bonchev–Trinajstić information content (AvgIpc) is 2.40. The van der Waals surface area contributed by atoms with Crippen LogP contribution >= 0.6 is 0 Å². The highest BCUT2D eigenvalue weighted by atomic mass is 16.3. The van der Waals surface area contributed by atoms with Gasteiger partial charge in [0.15, 0.2) is 5.75 Å². The molecule has 0 unspecified atom stereocenters. The van der Waals surface area contributed by atoms with Crippen LogP contribution in [-0.4, -0.2) is 14.9 Å². The first-order chi connectivity index (χ1) is 7.46. The molecule has 0 saturated heterocycles. The highest BCUT2D eigenvalue weighted by Crippen LogP contribution is 2.39. The van der Waals surface area contributed by atoms with Crippen molar-refractivity contribution >= 4 is 0 Å². The minimum absolute atomic E-state index is 0.106. The van der Waals surface area contributed by atoms with Crippen molar-refractivity contribution in [3.05, 3.63) is 11.4 Å². The number of hydrogen-bond donors (Lipinski definition) is 1. The quantitative estimate of drug-likeness (QED) is 0.809. The van der Waals surface area contributed by atoms with Crippen molar-refractivity contribution in [2.75, 3.05) is 0 Å². The fourth-order valence-corrected chi connectivity index (χ4v) is 2.00. The first-order valence-corrected chi connectivity index (χ1v) is 6.28. The molecule has 1 heterocycles. The van der Waals surface area contributed by atoms with Gasteiger partial charge in [0.1, 0.15) is 5.69 Å². The molecular weight excluding hydrogens is 212 g/mol. The summed E-state index contributed by atoms with van der Waals surface area (Å²) in [5.74, 6) is 0.360. The van der Waals surface area contributed by atoms with Gasteiger partial charge in [-0.25, -0.2) is 0 Å². The minimum Gasteiger partial charge on any atom is -0.504 e. The summed E-state index contributed by atoms with van der Waals surface area (Å²) in [6, 6.07) is 0.256. The lowest BCUT2D eigenvalue weighted by atomic mass is 9.86. The second-order valence-electron chi connectivity index (χ2n) is 7.08. The zero-order valence-electron chi connectivity index (χ0n) is 12.4. The fourth-order valence-electron chi connectivity index (χ4n) is 2.00. The van der Waals surface area contributed by atoms with E-state index in [1.807, 2.05) is 4.68 Å². The van der Waals surface area contributed by atoms with Gasteiger partial charge in [-0.3, -0.25) is 4.68 Å². The van der Waals surface area contributed by atoms with Gasteiger partial charge in [0.2, 0.25) is 0 Å². The van der Waals surface area contributed by atoms with E-state index in [1.165, 1.54) is 0 Å². The molecule has 98 valence electrons. The maximum atomic E-state index is 10.4. The van der Waals surface area contributed by atoms with Crippen molar-refractivity contribution in [3.63, 3.8) is 0 Å². The van der Waals surface area contributed by atoms with Gasteiger partial charge < -0.3 is 5.11 Å². The third-order valence-corrected chi connectivity index (χ3v) is 2.80. The molecule has 0 saturated carbocycles. The summed E-state index contributed by atoms with van der Waals surface area (Å²) in [5.41, 5.74) is 1.48. The molecule has 0 spiro atoms. The van der Waals surface area contributed by atoms with E-state index >= 15 is 0 Å². The van der Waals surface area contributed by atoms with Gasteiger partial charge in [0.25, 0.3) is 0 Å². The van der Waals surface area contributed by atoms with Crippen molar-refractivity contribution in [1.82, 2.24) is 9.78 Å². The first-order valence-electron chi connectivity index (χ1n) is 6.28. The summed E-state index contributed by atoms with van der Waals surface area (Å²) in [4.78, 5) is 0. The Hall–Kier alpha value is -0.990. The molecule has 0 aromatic carbocycles. The van der Waals surface area contributed by atoms with E-state index in [1.54, 1.807) is 0 Å². The van der Waals surface area contributed by atoms with Gasteiger partial charge in [0, 0.05) is 16.9 Å². The van der Waals surface area contributed by atoms with Crippen molar-refractivity contribution < 1.29 is 5.11 Å². The Labute approximate surface area is 105 Å². The van der Waals surface area contributed by atoms with Gasteiger partial charge in [-0.15, -0.1) is 0 Å². The Bertz CT molecular complexity index is 403. The predicted molar refractivity (Wildman–Crippen MR) is 71.7 cm³/mol. The molecule has 0 atom stereocenters. The molecular formula is C14H26N2O. The van der Waals surface area contributed by atoms with Crippen molar-refractivity contribution in [2.45, 2.75) is 72.3 Å². The lowest BCUT2D eigenvalue weighted by Crippen LogP contribution is -2.20. The first kappa shape index (κ1) is 14.1. The Balaban J connectivity index is 3.53.